The van der Waals surface area contributed by atoms with E-state index in [0.717, 1.165) is 12.1 Å². The van der Waals surface area contributed by atoms with E-state index in [0.29, 0.717) is 11.3 Å². The van der Waals surface area contributed by atoms with Crippen molar-refractivity contribution in [3.63, 3.8) is 0 Å². The number of carbonyl (C=O) groups is 1. The van der Waals surface area contributed by atoms with Crippen LogP contribution in [0, 0.1) is 6.92 Å². The lowest BCUT2D eigenvalue weighted by atomic mass is 9.88. The van der Waals surface area contributed by atoms with E-state index in [1.807, 2.05) is 0 Å². The number of carbonyl (C=O) groups excluding carboxylic acids is 1. The highest BCUT2D eigenvalue weighted by Gasteiger charge is 2.31. The second kappa shape index (κ2) is 9.68. The van der Waals surface area contributed by atoms with Gasteiger partial charge in [-0.15, -0.1) is 13.2 Å². The molecular weight excluding hydrogens is 443 g/mol. The molecular formula is C23H20F3NO6. The maximum atomic E-state index is 12.7. The molecule has 0 aliphatic heterocycles. The predicted molar refractivity (Wildman–Crippen MR) is 113 cm³/mol. The number of halogens is 3. The first kappa shape index (κ1) is 23.7. The van der Waals surface area contributed by atoms with Gasteiger partial charge in [-0.25, -0.2) is 4.79 Å². The number of benzene rings is 2. The van der Waals surface area contributed by atoms with E-state index >= 15 is 0 Å². The summed E-state index contributed by atoms with van der Waals surface area (Å²) in [4.78, 5) is 25.2. The van der Waals surface area contributed by atoms with Crippen molar-refractivity contribution in [1.29, 1.82) is 0 Å². The van der Waals surface area contributed by atoms with Crippen molar-refractivity contribution in [2.75, 3.05) is 12.4 Å². The van der Waals surface area contributed by atoms with Gasteiger partial charge in [-0.05, 0) is 48.9 Å². The molecule has 0 aliphatic carbocycles. The van der Waals surface area contributed by atoms with Crippen molar-refractivity contribution in [3.8, 4) is 17.2 Å². The number of hydrogen-bond donors (Lipinski definition) is 2. The highest BCUT2D eigenvalue weighted by Crippen LogP contribution is 2.33. The molecule has 174 valence electrons. The van der Waals surface area contributed by atoms with Crippen molar-refractivity contribution in [1.82, 2.24) is 0 Å². The standard InChI is InChI=1S/C23H20F3NO6/c1-13-11-19(28)21(22(30)32-13)18(14-3-7-16(31-2)8-4-14)12-20(29)27-15-5-9-17(10-6-15)33-23(24,25)26/h3-11,18,28H,12H2,1-2H3,(H,27,29)/t18-/m1/s1. The minimum absolute atomic E-state index is 0.0881. The summed E-state index contributed by atoms with van der Waals surface area (Å²) in [5.41, 5.74) is -0.0980. The van der Waals surface area contributed by atoms with Crippen molar-refractivity contribution < 1.29 is 37.0 Å². The zero-order valence-electron chi connectivity index (χ0n) is 17.6. The van der Waals surface area contributed by atoms with Crippen molar-refractivity contribution >= 4 is 11.6 Å². The first-order valence-corrected chi connectivity index (χ1v) is 9.69. The number of nitrogens with one attached hydrogen (secondary N) is 1. The van der Waals surface area contributed by atoms with Gasteiger partial charge in [-0.3, -0.25) is 4.79 Å². The van der Waals surface area contributed by atoms with Crippen LogP contribution in [-0.4, -0.2) is 24.5 Å². The third-order valence-corrected chi connectivity index (χ3v) is 4.72. The van der Waals surface area contributed by atoms with Crippen LogP contribution in [0.3, 0.4) is 0 Å². The molecule has 1 amide bonds. The molecule has 0 saturated heterocycles. The van der Waals surface area contributed by atoms with Crippen LogP contribution in [0.15, 0.2) is 63.8 Å². The van der Waals surface area contributed by atoms with E-state index in [9.17, 15) is 27.9 Å². The molecule has 0 aliphatic rings. The Hall–Kier alpha value is -3.95. The summed E-state index contributed by atoms with van der Waals surface area (Å²) in [6.07, 6.45) is -5.08. The first-order valence-electron chi connectivity index (χ1n) is 9.69. The van der Waals surface area contributed by atoms with Gasteiger partial charge in [0.25, 0.3) is 0 Å². The normalized spacial score (nSPS) is 12.2. The third kappa shape index (κ3) is 6.28. The number of anilines is 1. The van der Waals surface area contributed by atoms with Gasteiger partial charge < -0.3 is 24.3 Å². The second-order valence-corrected chi connectivity index (χ2v) is 7.09. The number of ether oxygens (including phenoxy) is 2. The van der Waals surface area contributed by atoms with E-state index in [2.05, 4.69) is 10.1 Å². The zero-order valence-corrected chi connectivity index (χ0v) is 17.6. The SMILES string of the molecule is COc1ccc([C@@H](CC(=O)Nc2ccc(OC(F)(F)F)cc2)c2c(O)cc(C)oc2=O)cc1. The highest BCUT2D eigenvalue weighted by molar-refractivity contribution is 5.91. The molecule has 0 unspecified atom stereocenters. The van der Waals surface area contributed by atoms with Gasteiger partial charge in [0.05, 0.1) is 12.7 Å². The molecule has 3 rings (SSSR count). The Balaban J connectivity index is 1.86. The van der Waals surface area contributed by atoms with Crippen molar-refractivity contribution in [2.24, 2.45) is 0 Å². The lowest BCUT2D eigenvalue weighted by Crippen LogP contribution is -2.21. The summed E-state index contributed by atoms with van der Waals surface area (Å²) in [5, 5.41) is 13.0. The molecule has 1 aromatic heterocycles. The summed E-state index contributed by atoms with van der Waals surface area (Å²) in [5.74, 6) is -1.38. The van der Waals surface area contributed by atoms with Gasteiger partial charge in [0.2, 0.25) is 5.91 Å². The number of amides is 1. The lowest BCUT2D eigenvalue weighted by Gasteiger charge is -2.18. The molecule has 10 heteroatoms. The smallest absolute Gasteiger partial charge is 0.507 e. The Labute approximate surface area is 186 Å². The number of aryl methyl sites for hydroxylation is 1. The van der Waals surface area contributed by atoms with Gasteiger partial charge in [0.1, 0.15) is 23.0 Å². The maximum absolute atomic E-state index is 12.7. The lowest BCUT2D eigenvalue weighted by molar-refractivity contribution is -0.274. The largest absolute Gasteiger partial charge is 0.573 e. The molecule has 0 bridgehead atoms. The van der Waals surface area contributed by atoms with E-state index in [1.54, 1.807) is 24.3 Å². The molecule has 0 spiro atoms. The summed E-state index contributed by atoms with van der Waals surface area (Å²) in [6, 6.07) is 12.5. The average molecular weight is 463 g/mol. The summed E-state index contributed by atoms with van der Waals surface area (Å²) in [6.45, 7) is 1.51. The number of aromatic hydroxyl groups is 1. The highest BCUT2D eigenvalue weighted by atomic mass is 19.4. The second-order valence-electron chi connectivity index (χ2n) is 7.09. The molecule has 7 nitrogen and oxygen atoms in total. The fourth-order valence-corrected chi connectivity index (χ4v) is 3.29. The van der Waals surface area contributed by atoms with E-state index in [1.165, 1.54) is 32.2 Å². The van der Waals surface area contributed by atoms with Crippen molar-refractivity contribution in [2.45, 2.75) is 25.6 Å². The maximum Gasteiger partial charge on any atom is 0.573 e. The summed E-state index contributed by atoms with van der Waals surface area (Å²) >= 11 is 0. The Morgan fingerprint density at radius 1 is 1.09 bits per heavy atom. The van der Waals surface area contributed by atoms with E-state index in [-0.39, 0.29) is 29.2 Å². The molecule has 0 fully saturated rings. The average Bonchev–Trinajstić information content (AvgIpc) is 2.73. The Morgan fingerprint density at radius 3 is 2.24 bits per heavy atom. The number of hydrogen-bond acceptors (Lipinski definition) is 6. The van der Waals surface area contributed by atoms with E-state index < -0.39 is 29.6 Å². The molecule has 2 aromatic carbocycles. The Kier molecular flexibility index (Phi) is 6.95. The molecule has 33 heavy (non-hydrogen) atoms. The minimum Gasteiger partial charge on any atom is -0.507 e. The van der Waals surface area contributed by atoms with Crippen LogP contribution < -0.4 is 20.4 Å². The molecule has 1 heterocycles. The van der Waals surface area contributed by atoms with Gasteiger partial charge in [0, 0.05) is 24.1 Å². The van der Waals surface area contributed by atoms with Gasteiger partial charge in [0.15, 0.2) is 0 Å². The fraction of sp³-hybridized carbons (Fsp3) is 0.217. The molecule has 0 saturated carbocycles. The molecule has 3 aromatic rings. The van der Waals surface area contributed by atoms with Crippen LogP contribution in [0.5, 0.6) is 17.2 Å². The topological polar surface area (TPSA) is 98.0 Å². The quantitative estimate of drug-likeness (QED) is 0.526. The summed E-state index contributed by atoms with van der Waals surface area (Å²) in [7, 11) is 1.49. The van der Waals surface area contributed by atoms with E-state index in [4.69, 9.17) is 9.15 Å². The van der Waals surface area contributed by atoms with Gasteiger partial charge in [-0.1, -0.05) is 12.1 Å². The first-order chi connectivity index (χ1) is 15.6. The predicted octanol–water partition coefficient (Wildman–Crippen LogP) is 4.72. The Morgan fingerprint density at radius 2 is 1.70 bits per heavy atom. The Bertz CT molecular complexity index is 1170. The fourth-order valence-electron chi connectivity index (χ4n) is 3.29. The van der Waals surface area contributed by atoms with Crippen LogP contribution in [-0.2, 0) is 4.79 Å². The zero-order chi connectivity index (χ0) is 24.2. The van der Waals surface area contributed by atoms with Gasteiger partial charge in [-0.2, -0.15) is 0 Å². The molecule has 1 atom stereocenters. The van der Waals surface area contributed by atoms with Crippen LogP contribution in [0.1, 0.15) is 29.2 Å². The monoisotopic (exact) mass is 463 g/mol. The van der Waals surface area contributed by atoms with Crippen molar-refractivity contribution in [3.05, 3.63) is 81.9 Å². The van der Waals surface area contributed by atoms with Crippen LogP contribution in [0.2, 0.25) is 0 Å². The summed E-state index contributed by atoms with van der Waals surface area (Å²) < 4.78 is 50.9. The third-order valence-electron chi connectivity index (χ3n) is 4.72. The molecule has 2 N–H and O–H groups in total. The van der Waals surface area contributed by atoms with Crippen LogP contribution >= 0.6 is 0 Å². The minimum atomic E-state index is -4.83. The number of alkyl halides is 3. The van der Waals surface area contributed by atoms with Crippen LogP contribution in [0.25, 0.3) is 0 Å². The number of methoxy groups -OCH3 is 1. The molecule has 0 radical (unpaired) electrons. The number of rotatable bonds is 7. The van der Waals surface area contributed by atoms with Crippen LogP contribution in [0.4, 0.5) is 18.9 Å². The van der Waals surface area contributed by atoms with Gasteiger partial charge >= 0.3 is 12.0 Å².